The first-order valence-corrected chi connectivity index (χ1v) is 6.60. The lowest BCUT2D eigenvalue weighted by Crippen LogP contribution is -2.19. The van der Waals surface area contributed by atoms with Crippen molar-refractivity contribution in [1.82, 2.24) is 10.3 Å². The molecule has 1 aromatic rings. The van der Waals surface area contributed by atoms with E-state index in [9.17, 15) is 0 Å². The topological polar surface area (TPSA) is 43.4 Å². The summed E-state index contributed by atoms with van der Waals surface area (Å²) >= 11 is 0. The Morgan fingerprint density at radius 3 is 2.67 bits per heavy atom. The maximum atomic E-state index is 5.39. The number of methoxy groups -OCH3 is 1. The Morgan fingerprint density at radius 2 is 1.89 bits per heavy atom. The molecule has 0 unspecified atom stereocenters. The zero-order valence-corrected chi connectivity index (χ0v) is 11.2. The molecule has 0 aromatic carbocycles. The monoisotopic (exact) mass is 252 g/mol. The minimum atomic E-state index is 0.685. The van der Waals surface area contributed by atoms with Crippen molar-refractivity contribution in [2.75, 3.05) is 40.0 Å². The summed E-state index contributed by atoms with van der Waals surface area (Å²) in [6.45, 7) is 4.29. The van der Waals surface area contributed by atoms with Crippen LogP contribution in [-0.4, -0.2) is 45.0 Å². The van der Waals surface area contributed by atoms with E-state index in [1.165, 1.54) is 5.56 Å². The molecule has 102 valence electrons. The van der Waals surface area contributed by atoms with Crippen LogP contribution in [0.25, 0.3) is 0 Å². The van der Waals surface area contributed by atoms with E-state index >= 15 is 0 Å². The number of hydrogen-bond donors (Lipinski definition) is 1. The fourth-order valence-corrected chi connectivity index (χ4v) is 1.61. The van der Waals surface area contributed by atoms with Gasteiger partial charge in [-0.15, -0.1) is 0 Å². The van der Waals surface area contributed by atoms with Crippen LogP contribution in [0.4, 0.5) is 0 Å². The standard InChI is InChI=1S/C14H24N2O2/c1-17-12-13-18-11-3-2-7-15-8-4-14-5-9-16-10-6-14/h5-6,9-10,15H,2-4,7-8,11-13H2,1H3. The lowest BCUT2D eigenvalue weighted by molar-refractivity contribution is 0.0688. The number of hydrogen-bond acceptors (Lipinski definition) is 4. The largest absolute Gasteiger partial charge is 0.382 e. The van der Waals surface area contributed by atoms with Crippen molar-refractivity contribution in [3.8, 4) is 0 Å². The molecular formula is C14H24N2O2. The fourth-order valence-electron chi connectivity index (χ4n) is 1.61. The zero-order valence-electron chi connectivity index (χ0n) is 11.2. The summed E-state index contributed by atoms with van der Waals surface area (Å²) in [5.41, 5.74) is 1.33. The normalized spacial score (nSPS) is 10.7. The minimum absolute atomic E-state index is 0.685. The van der Waals surface area contributed by atoms with E-state index in [1.807, 2.05) is 12.4 Å². The van der Waals surface area contributed by atoms with Crippen LogP contribution in [0.3, 0.4) is 0 Å². The van der Waals surface area contributed by atoms with Crippen molar-refractivity contribution in [1.29, 1.82) is 0 Å². The third-order valence-electron chi connectivity index (χ3n) is 2.66. The summed E-state index contributed by atoms with van der Waals surface area (Å²) in [6, 6.07) is 4.12. The van der Waals surface area contributed by atoms with Gasteiger partial charge in [0.15, 0.2) is 0 Å². The fraction of sp³-hybridized carbons (Fsp3) is 0.643. The third-order valence-corrected chi connectivity index (χ3v) is 2.66. The van der Waals surface area contributed by atoms with Gasteiger partial charge in [-0.2, -0.15) is 0 Å². The molecule has 0 aliphatic carbocycles. The van der Waals surface area contributed by atoms with Crippen LogP contribution in [-0.2, 0) is 15.9 Å². The smallest absolute Gasteiger partial charge is 0.0700 e. The lowest BCUT2D eigenvalue weighted by atomic mass is 10.2. The Balaban J connectivity index is 1.82. The molecule has 0 saturated carbocycles. The third kappa shape index (κ3) is 8.17. The Morgan fingerprint density at radius 1 is 1.06 bits per heavy atom. The highest BCUT2D eigenvalue weighted by molar-refractivity contribution is 5.09. The van der Waals surface area contributed by atoms with Crippen molar-refractivity contribution in [2.24, 2.45) is 0 Å². The number of ether oxygens (including phenoxy) is 2. The van der Waals surface area contributed by atoms with Gasteiger partial charge in [-0.25, -0.2) is 0 Å². The maximum absolute atomic E-state index is 5.39. The molecule has 1 rings (SSSR count). The van der Waals surface area contributed by atoms with Gasteiger partial charge < -0.3 is 14.8 Å². The number of unbranched alkanes of at least 4 members (excludes halogenated alkanes) is 1. The van der Waals surface area contributed by atoms with E-state index < -0.39 is 0 Å². The molecule has 0 fully saturated rings. The number of nitrogens with one attached hydrogen (secondary N) is 1. The number of pyridine rings is 1. The Kier molecular flexibility index (Phi) is 9.34. The van der Waals surface area contributed by atoms with E-state index in [2.05, 4.69) is 22.4 Å². The molecule has 1 heterocycles. The summed E-state index contributed by atoms with van der Waals surface area (Å²) in [5, 5.41) is 3.44. The Labute approximate surface area is 110 Å². The first-order valence-electron chi connectivity index (χ1n) is 6.60. The van der Waals surface area contributed by atoms with Crippen molar-refractivity contribution in [2.45, 2.75) is 19.3 Å². The van der Waals surface area contributed by atoms with Gasteiger partial charge in [0, 0.05) is 26.1 Å². The number of nitrogens with zero attached hydrogens (tertiary/aromatic N) is 1. The van der Waals surface area contributed by atoms with Crippen LogP contribution >= 0.6 is 0 Å². The molecule has 0 radical (unpaired) electrons. The summed E-state index contributed by atoms with van der Waals surface area (Å²) in [6.07, 6.45) is 7.00. The van der Waals surface area contributed by atoms with E-state index in [4.69, 9.17) is 9.47 Å². The van der Waals surface area contributed by atoms with E-state index in [1.54, 1.807) is 7.11 Å². The van der Waals surface area contributed by atoms with E-state index in [0.29, 0.717) is 13.2 Å². The molecule has 0 aliphatic rings. The first kappa shape index (κ1) is 15.1. The highest BCUT2D eigenvalue weighted by Gasteiger charge is 1.93. The Hall–Kier alpha value is -0.970. The summed E-state index contributed by atoms with van der Waals surface area (Å²) in [4.78, 5) is 4.00. The molecule has 4 heteroatoms. The Bertz CT molecular complexity index is 280. The van der Waals surface area contributed by atoms with E-state index in [-0.39, 0.29) is 0 Å². The van der Waals surface area contributed by atoms with Gasteiger partial charge in [0.2, 0.25) is 0 Å². The highest BCUT2D eigenvalue weighted by Crippen LogP contribution is 1.96. The summed E-state index contributed by atoms with van der Waals surface area (Å²) in [5.74, 6) is 0. The highest BCUT2D eigenvalue weighted by atomic mass is 16.5. The SMILES string of the molecule is COCCOCCCCNCCc1ccncc1. The van der Waals surface area contributed by atoms with Crippen LogP contribution in [0, 0.1) is 0 Å². The van der Waals surface area contributed by atoms with Crippen molar-refractivity contribution in [3.63, 3.8) is 0 Å². The quantitative estimate of drug-likeness (QED) is 0.608. The van der Waals surface area contributed by atoms with Crippen LogP contribution < -0.4 is 5.32 Å². The molecule has 4 nitrogen and oxygen atoms in total. The second-order valence-corrected chi connectivity index (χ2v) is 4.17. The van der Waals surface area contributed by atoms with Crippen LogP contribution in [0.2, 0.25) is 0 Å². The van der Waals surface area contributed by atoms with Gasteiger partial charge >= 0.3 is 0 Å². The molecule has 1 aromatic heterocycles. The van der Waals surface area contributed by atoms with Crippen LogP contribution in [0.1, 0.15) is 18.4 Å². The second kappa shape index (κ2) is 11.1. The molecular weight excluding hydrogens is 228 g/mol. The molecule has 0 amide bonds. The van der Waals surface area contributed by atoms with Crippen molar-refractivity contribution >= 4 is 0 Å². The molecule has 0 aliphatic heterocycles. The molecule has 18 heavy (non-hydrogen) atoms. The molecule has 0 saturated heterocycles. The van der Waals surface area contributed by atoms with Gasteiger partial charge in [0.05, 0.1) is 13.2 Å². The van der Waals surface area contributed by atoms with E-state index in [0.717, 1.165) is 39.0 Å². The predicted octanol–water partition coefficient (Wildman–Crippen LogP) is 1.66. The van der Waals surface area contributed by atoms with Gasteiger partial charge in [-0.3, -0.25) is 4.98 Å². The minimum Gasteiger partial charge on any atom is -0.382 e. The van der Waals surface area contributed by atoms with Gasteiger partial charge in [0.1, 0.15) is 0 Å². The van der Waals surface area contributed by atoms with Gasteiger partial charge in [0.25, 0.3) is 0 Å². The molecule has 0 spiro atoms. The van der Waals surface area contributed by atoms with Crippen molar-refractivity contribution in [3.05, 3.63) is 30.1 Å². The summed E-state index contributed by atoms with van der Waals surface area (Å²) < 4.78 is 10.3. The zero-order chi connectivity index (χ0) is 12.9. The predicted molar refractivity (Wildman–Crippen MR) is 72.7 cm³/mol. The average molecular weight is 252 g/mol. The van der Waals surface area contributed by atoms with Gasteiger partial charge in [-0.05, 0) is 50.0 Å². The molecule has 0 atom stereocenters. The molecule has 0 bridgehead atoms. The molecule has 1 N–H and O–H groups in total. The first-order chi connectivity index (χ1) is 8.93. The number of aromatic nitrogens is 1. The van der Waals surface area contributed by atoms with Crippen LogP contribution in [0.15, 0.2) is 24.5 Å². The van der Waals surface area contributed by atoms with Gasteiger partial charge in [-0.1, -0.05) is 0 Å². The number of rotatable bonds is 11. The van der Waals surface area contributed by atoms with Crippen LogP contribution in [0.5, 0.6) is 0 Å². The van der Waals surface area contributed by atoms with Crippen molar-refractivity contribution < 1.29 is 9.47 Å². The maximum Gasteiger partial charge on any atom is 0.0700 e. The average Bonchev–Trinajstić information content (AvgIpc) is 2.42. The lowest BCUT2D eigenvalue weighted by Gasteiger charge is -2.05. The summed E-state index contributed by atoms with van der Waals surface area (Å²) in [7, 11) is 1.69. The second-order valence-electron chi connectivity index (χ2n) is 4.17.